The van der Waals surface area contributed by atoms with Gasteiger partial charge in [-0.15, -0.1) is 11.6 Å². The van der Waals surface area contributed by atoms with Gasteiger partial charge in [0.05, 0.1) is 5.56 Å². The summed E-state index contributed by atoms with van der Waals surface area (Å²) in [5.74, 6) is -2.53. The van der Waals surface area contributed by atoms with Gasteiger partial charge in [0.1, 0.15) is 5.38 Å². The maximum absolute atomic E-state index is 12.9. The molecule has 0 aromatic heterocycles. The molecule has 1 aromatic rings. The van der Waals surface area contributed by atoms with Gasteiger partial charge in [0.25, 0.3) is 0 Å². The Labute approximate surface area is 116 Å². The summed E-state index contributed by atoms with van der Waals surface area (Å²) in [7, 11) is 0. The zero-order chi connectivity index (χ0) is 15.7. The van der Waals surface area contributed by atoms with Crippen LogP contribution in [0.5, 0.6) is 0 Å². The number of halogens is 4. The second kappa shape index (κ2) is 5.80. The Morgan fingerprint density at radius 1 is 1.30 bits per heavy atom. The van der Waals surface area contributed by atoms with Gasteiger partial charge in [-0.2, -0.15) is 13.2 Å². The first kappa shape index (κ1) is 16.5. The van der Waals surface area contributed by atoms with Gasteiger partial charge in [-0.3, -0.25) is 4.79 Å². The minimum atomic E-state index is -4.88. The fourth-order valence-corrected chi connectivity index (χ4v) is 1.89. The van der Waals surface area contributed by atoms with E-state index in [0.717, 1.165) is 19.1 Å². The Balaban J connectivity index is 3.61. The number of hydrogen-bond acceptors (Lipinski definition) is 3. The van der Waals surface area contributed by atoms with Gasteiger partial charge in [-0.1, -0.05) is 12.1 Å². The zero-order valence-corrected chi connectivity index (χ0v) is 10.9. The van der Waals surface area contributed by atoms with Crippen LogP contribution in [-0.4, -0.2) is 22.0 Å². The minimum Gasteiger partial charge on any atom is -0.479 e. The molecule has 0 saturated carbocycles. The lowest BCUT2D eigenvalue weighted by molar-refractivity contribution is -0.149. The molecule has 0 spiro atoms. The SMILES string of the molecule is CC(=O)C(Cl)c1cccc(C(F)(F)F)c1C(O)C(=O)O. The topological polar surface area (TPSA) is 74.6 Å². The van der Waals surface area contributed by atoms with E-state index in [4.69, 9.17) is 16.7 Å². The highest BCUT2D eigenvalue weighted by atomic mass is 35.5. The first-order chi connectivity index (χ1) is 9.07. The predicted molar refractivity (Wildman–Crippen MR) is 63.3 cm³/mol. The molecule has 20 heavy (non-hydrogen) atoms. The second-order valence-corrected chi connectivity index (χ2v) is 4.46. The summed E-state index contributed by atoms with van der Waals surface area (Å²) in [5, 5.41) is 16.7. The van der Waals surface area contributed by atoms with E-state index in [1.54, 1.807) is 0 Å². The summed E-state index contributed by atoms with van der Waals surface area (Å²) in [6, 6.07) is 2.69. The molecule has 2 unspecified atom stereocenters. The van der Waals surface area contributed by atoms with Crippen LogP contribution in [0, 0.1) is 0 Å². The van der Waals surface area contributed by atoms with Crippen LogP contribution in [0.1, 0.15) is 35.1 Å². The van der Waals surface area contributed by atoms with Crippen molar-refractivity contribution >= 4 is 23.4 Å². The summed E-state index contributed by atoms with van der Waals surface area (Å²) < 4.78 is 38.7. The highest BCUT2D eigenvalue weighted by Crippen LogP contribution is 2.39. The number of carboxylic acids is 1. The van der Waals surface area contributed by atoms with Crippen LogP contribution < -0.4 is 0 Å². The first-order valence-electron chi connectivity index (χ1n) is 5.32. The van der Waals surface area contributed by atoms with Gasteiger partial charge in [-0.25, -0.2) is 4.79 Å². The molecular weight excluding hydrogens is 301 g/mol. The van der Waals surface area contributed by atoms with Crippen molar-refractivity contribution in [2.24, 2.45) is 0 Å². The molecule has 0 aliphatic rings. The molecule has 4 nitrogen and oxygen atoms in total. The van der Waals surface area contributed by atoms with Crippen LogP contribution in [-0.2, 0) is 15.8 Å². The van der Waals surface area contributed by atoms with Gasteiger partial charge in [-0.05, 0) is 18.6 Å². The number of carbonyl (C=O) groups is 2. The van der Waals surface area contributed by atoms with Crippen molar-refractivity contribution in [2.45, 2.75) is 24.6 Å². The predicted octanol–water partition coefficient (Wildman–Crippen LogP) is 2.69. The average Bonchev–Trinajstić information content (AvgIpc) is 2.34. The van der Waals surface area contributed by atoms with E-state index in [2.05, 4.69) is 0 Å². The van der Waals surface area contributed by atoms with E-state index in [0.29, 0.717) is 6.07 Å². The zero-order valence-electron chi connectivity index (χ0n) is 10.1. The number of carbonyl (C=O) groups excluding carboxylic acids is 1. The van der Waals surface area contributed by atoms with Crippen LogP contribution in [0.4, 0.5) is 13.2 Å². The first-order valence-corrected chi connectivity index (χ1v) is 5.76. The monoisotopic (exact) mass is 310 g/mol. The molecule has 1 aromatic carbocycles. The minimum absolute atomic E-state index is 0.371. The Morgan fingerprint density at radius 3 is 2.25 bits per heavy atom. The van der Waals surface area contributed by atoms with Gasteiger partial charge in [0.2, 0.25) is 0 Å². The Bertz CT molecular complexity index is 542. The fraction of sp³-hybridized carbons (Fsp3) is 0.333. The maximum atomic E-state index is 12.9. The van der Waals surface area contributed by atoms with Gasteiger partial charge in [0, 0.05) is 5.56 Å². The number of benzene rings is 1. The van der Waals surface area contributed by atoms with Crippen LogP contribution >= 0.6 is 11.6 Å². The van der Waals surface area contributed by atoms with Crippen LogP contribution in [0.25, 0.3) is 0 Å². The molecule has 0 bridgehead atoms. The lowest BCUT2D eigenvalue weighted by Gasteiger charge is -2.20. The van der Waals surface area contributed by atoms with Crippen LogP contribution in [0.2, 0.25) is 0 Å². The molecule has 0 heterocycles. The van der Waals surface area contributed by atoms with Crippen molar-refractivity contribution in [3.8, 4) is 0 Å². The molecule has 110 valence electrons. The molecule has 0 aliphatic heterocycles. The molecular formula is C12H10ClF3O4. The molecule has 0 fully saturated rings. The van der Waals surface area contributed by atoms with E-state index in [1.807, 2.05) is 0 Å². The lowest BCUT2D eigenvalue weighted by atomic mass is 9.93. The molecule has 1 rings (SSSR count). The highest BCUT2D eigenvalue weighted by Gasteiger charge is 2.39. The second-order valence-electron chi connectivity index (χ2n) is 4.02. The molecule has 0 saturated heterocycles. The van der Waals surface area contributed by atoms with Crippen LogP contribution in [0.3, 0.4) is 0 Å². The molecule has 8 heteroatoms. The Kier molecular flexibility index (Phi) is 4.77. The van der Waals surface area contributed by atoms with Crippen molar-refractivity contribution in [2.75, 3.05) is 0 Å². The summed E-state index contributed by atoms with van der Waals surface area (Å²) in [6.45, 7) is 1.05. The average molecular weight is 311 g/mol. The molecule has 0 aliphatic carbocycles. The van der Waals surface area contributed by atoms with Crippen LogP contribution in [0.15, 0.2) is 18.2 Å². The number of rotatable bonds is 4. The van der Waals surface area contributed by atoms with E-state index in [1.165, 1.54) is 0 Å². The van der Waals surface area contributed by atoms with E-state index >= 15 is 0 Å². The van der Waals surface area contributed by atoms with Crippen molar-refractivity contribution < 1.29 is 33.0 Å². The molecule has 2 atom stereocenters. The quantitative estimate of drug-likeness (QED) is 0.839. The van der Waals surface area contributed by atoms with Crippen molar-refractivity contribution in [3.63, 3.8) is 0 Å². The molecule has 0 amide bonds. The number of ketones is 1. The number of hydrogen-bond donors (Lipinski definition) is 2. The highest BCUT2D eigenvalue weighted by molar-refractivity contribution is 6.31. The number of aliphatic hydroxyl groups excluding tert-OH is 1. The number of Topliss-reactive ketones (excluding diaryl/α,β-unsaturated/α-hetero) is 1. The van der Waals surface area contributed by atoms with E-state index < -0.39 is 40.5 Å². The van der Waals surface area contributed by atoms with Crippen molar-refractivity contribution in [3.05, 3.63) is 34.9 Å². The number of carboxylic acid groups (broad SMARTS) is 1. The van der Waals surface area contributed by atoms with Gasteiger partial charge >= 0.3 is 12.1 Å². The summed E-state index contributed by atoms with van der Waals surface area (Å²) in [4.78, 5) is 22.0. The third kappa shape index (κ3) is 3.29. The van der Waals surface area contributed by atoms with Gasteiger partial charge in [0.15, 0.2) is 11.9 Å². The summed E-state index contributed by atoms with van der Waals surface area (Å²) >= 11 is 5.70. The smallest absolute Gasteiger partial charge is 0.416 e. The van der Waals surface area contributed by atoms with Gasteiger partial charge < -0.3 is 10.2 Å². The third-order valence-electron chi connectivity index (χ3n) is 2.58. The standard InChI is InChI=1S/C12H10ClF3O4/c1-5(17)9(13)6-3-2-4-7(12(14,15)16)8(6)10(18)11(19)20/h2-4,9-10,18H,1H3,(H,19,20). The largest absolute Gasteiger partial charge is 0.479 e. The maximum Gasteiger partial charge on any atom is 0.416 e. The number of aliphatic hydroxyl groups is 1. The lowest BCUT2D eigenvalue weighted by Crippen LogP contribution is -2.21. The number of aliphatic carboxylic acids is 1. The van der Waals surface area contributed by atoms with E-state index in [9.17, 15) is 27.9 Å². The Morgan fingerprint density at radius 2 is 1.85 bits per heavy atom. The summed E-state index contributed by atoms with van der Waals surface area (Å²) in [5.41, 5.74) is -2.62. The summed E-state index contributed by atoms with van der Waals surface area (Å²) in [6.07, 6.45) is -7.31. The molecule has 0 radical (unpaired) electrons. The Hall–Kier alpha value is -1.60. The molecule has 2 N–H and O–H groups in total. The third-order valence-corrected chi connectivity index (χ3v) is 3.12. The number of alkyl halides is 4. The fourth-order valence-electron chi connectivity index (χ4n) is 1.70. The van der Waals surface area contributed by atoms with Crippen molar-refractivity contribution in [1.29, 1.82) is 0 Å². The normalized spacial score (nSPS) is 14.7. The van der Waals surface area contributed by atoms with E-state index in [-0.39, 0.29) is 5.56 Å². The van der Waals surface area contributed by atoms with Crippen molar-refractivity contribution in [1.82, 2.24) is 0 Å².